The molecule has 6 N–H and O–H groups in total. The lowest BCUT2D eigenvalue weighted by atomic mass is 10.0. The molecule has 2 atom stereocenters. The van der Waals surface area contributed by atoms with Gasteiger partial charge in [0.1, 0.15) is 12.1 Å². The summed E-state index contributed by atoms with van der Waals surface area (Å²) < 4.78 is 0. The van der Waals surface area contributed by atoms with Gasteiger partial charge in [0.15, 0.2) is 0 Å². The average Bonchev–Trinajstić information content (AvgIpc) is 3.22. The number of nitrogens with one attached hydrogen (secondary N) is 6. The molecule has 10 heteroatoms. The Morgan fingerprint density at radius 2 is 0.786 bits per heavy atom. The number of carbonyl (C=O) groups excluding carboxylic acids is 4. The second-order valence-electron chi connectivity index (χ2n) is 13.7. The van der Waals surface area contributed by atoms with Crippen LogP contribution in [0.2, 0.25) is 0 Å². The predicted molar refractivity (Wildman–Crippen MR) is 225 cm³/mol. The van der Waals surface area contributed by atoms with E-state index in [1.54, 1.807) is 0 Å². The standard InChI is InChI=1S/C46H48N6O4/c53-43(41(31-33-17-5-3-6-18-33)51-45(55)49-39-27-15-23-35-21-9-11-25-37(35)39)47-29-13-1-2-14-30-48-44(54)42(32-34-19-7-4-8-20-34)52-46(56)50-40-28-16-24-36-22-10-12-26-38(36)40/h3-12,15-28,41-42H,1-2,13-14,29-32H2,(H,47,53)(H,48,54)(H2,49,51,55)(H2,50,52,56)/t41-,42-/m0/s1. The highest BCUT2D eigenvalue weighted by atomic mass is 16.2. The van der Waals surface area contributed by atoms with Gasteiger partial charge in [0, 0.05) is 36.7 Å². The topological polar surface area (TPSA) is 140 Å². The van der Waals surface area contributed by atoms with Crippen LogP contribution in [0, 0.1) is 0 Å². The van der Waals surface area contributed by atoms with Gasteiger partial charge in [-0.1, -0.05) is 146 Å². The minimum atomic E-state index is -0.769. The highest BCUT2D eigenvalue weighted by Gasteiger charge is 2.23. The molecule has 0 bridgehead atoms. The molecule has 0 saturated heterocycles. The van der Waals surface area contributed by atoms with Gasteiger partial charge in [-0.25, -0.2) is 9.59 Å². The van der Waals surface area contributed by atoms with Gasteiger partial charge in [-0.2, -0.15) is 0 Å². The quantitative estimate of drug-likeness (QED) is 0.0527. The lowest BCUT2D eigenvalue weighted by molar-refractivity contribution is -0.123. The lowest BCUT2D eigenvalue weighted by Gasteiger charge is -2.20. The Hall–Kier alpha value is -6.68. The number of urea groups is 2. The molecular weight excluding hydrogens is 701 g/mol. The molecule has 6 rings (SSSR count). The van der Waals surface area contributed by atoms with E-state index in [-0.39, 0.29) is 11.8 Å². The van der Waals surface area contributed by atoms with E-state index in [1.165, 1.54) is 0 Å². The van der Waals surface area contributed by atoms with Crippen LogP contribution in [-0.4, -0.2) is 49.0 Å². The molecule has 0 radical (unpaired) electrons. The molecule has 10 nitrogen and oxygen atoms in total. The largest absolute Gasteiger partial charge is 0.354 e. The molecule has 0 unspecified atom stereocenters. The maximum absolute atomic E-state index is 13.4. The first kappa shape index (κ1) is 39.0. The number of hydrogen-bond donors (Lipinski definition) is 6. The zero-order valence-electron chi connectivity index (χ0n) is 31.3. The fourth-order valence-electron chi connectivity index (χ4n) is 6.69. The second kappa shape index (κ2) is 20.1. The Morgan fingerprint density at radius 1 is 0.411 bits per heavy atom. The summed E-state index contributed by atoms with van der Waals surface area (Å²) in [5.74, 6) is -0.508. The van der Waals surface area contributed by atoms with Crippen molar-refractivity contribution in [1.82, 2.24) is 21.3 Å². The van der Waals surface area contributed by atoms with E-state index < -0.39 is 24.1 Å². The van der Waals surface area contributed by atoms with Crippen molar-refractivity contribution in [2.75, 3.05) is 23.7 Å². The molecule has 0 heterocycles. The number of fused-ring (bicyclic) bond motifs is 2. The molecule has 0 fully saturated rings. The Bertz CT molecular complexity index is 2060. The van der Waals surface area contributed by atoms with Crippen molar-refractivity contribution in [1.29, 1.82) is 0 Å². The van der Waals surface area contributed by atoms with Crippen molar-refractivity contribution in [2.45, 2.75) is 50.6 Å². The van der Waals surface area contributed by atoms with Crippen molar-refractivity contribution in [3.63, 3.8) is 0 Å². The van der Waals surface area contributed by atoms with Crippen LogP contribution >= 0.6 is 0 Å². The summed E-state index contributed by atoms with van der Waals surface area (Å²) in [6, 6.07) is 43.8. The van der Waals surface area contributed by atoms with Gasteiger partial charge in [0.05, 0.1) is 11.4 Å². The molecule has 6 aromatic carbocycles. The Balaban J connectivity index is 0.944. The van der Waals surface area contributed by atoms with Crippen LogP contribution in [0.1, 0.15) is 36.8 Å². The minimum Gasteiger partial charge on any atom is -0.354 e. The summed E-state index contributed by atoms with van der Waals surface area (Å²) in [5, 5.41) is 21.4. The third-order valence-corrected chi connectivity index (χ3v) is 9.59. The van der Waals surface area contributed by atoms with E-state index in [2.05, 4.69) is 31.9 Å². The first-order chi connectivity index (χ1) is 27.4. The first-order valence-electron chi connectivity index (χ1n) is 19.2. The summed E-state index contributed by atoms with van der Waals surface area (Å²) in [7, 11) is 0. The summed E-state index contributed by atoms with van der Waals surface area (Å²) in [5.41, 5.74) is 3.21. The number of hydrogen-bond acceptors (Lipinski definition) is 4. The third-order valence-electron chi connectivity index (χ3n) is 9.59. The second-order valence-corrected chi connectivity index (χ2v) is 13.7. The molecule has 0 aliphatic heterocycles. The minimum absolute atomic E-state index is 0.254. The van der Waals surface area contributed by atoms with E-state index in [1.807, 2.05) is 146 Å². The van der Waals surface area contributed by atoms with Gasteiger partial charge in [-0.15, -0.1) is 0 Å². The Kier molecular flexibility index (Phi) is 14.0. The van der Waals surface area contributed by atoms with E-state index in [0.717, 1.165) is 58.4 Å². The van der Waals surface area contributed by atoms with Gasteiger partial charge >= 0.3 is 12.1 Å². The number of carbonyl (C=O) groups is 4. The molecule has 0 aromatic heterocycles. The summed E-state index contributed by atoms with van der Waals surface area (Å²) >= 11 is 0. The Labute approximate surface area is 327 Å². The highest BCUT2D eigenvalue weighted by molar-refractivity contribution is 6.03. The molecule has 0 spiro atoms. The number of rotatable bonds is 17. The molecule has 56 heavy (non-hydrogen) atoms. The Morgan fingerprint density at radius 3 is 1.21 bits per heavy atom. The van der Waals surface area contributed by atoms with Gasteiger partial charge in [-0.05, 0) is 46.9 Å². The molecule has 0 aliphatic carbocycles. The first-order valence-corrected chi connectivity index (χ1v) is 19.2. The number of amides is 6. The fraction of sp³-hybridized carbons (Fsp3) is 0.217. The third kappa shape index (κ3) is 11.4. The number of anilines is 2. The van der Waals surface area contributed by atoms with Crippen LogP contribution in [0.25, 0.3) is 21.5 Å². The molecule has 0 saturated carbocycles. The van der Waals surface area contributed by atoms with Crippen LogP contribution < -0.4 is 31.9 Å². The predicted octanol–water partition coefficient (Wildman–Crippen LogP) is 7.95. The zero-order chi connectivity index (χ0) is 39.0. The summed E-state index contributed by atoms with van der Waals surface area (Å²) in [6.07, 6.45) is 3.86. The van der Waals surface area contributed by atoms with Crippen LogP contribution in [0.4, 0.5) is 21.0 Å². The van der Waals surface area contributed by atoms with Crippen molar-refractivity contribution in [3.8, 4) is 0 Å². The normalized spacial score (nSPS) is 11.9. The zero-order valence-corrected chi connectivity index (χ0v) is 31.3. The van der Waals surface area contributed by atoms with E-state index in [9.17, 15) is 19.2 Å². The van der Waals surface area contributed by atoms with Gasteiger partial charge in [-0.3, -0.25) is 9.59 Å². The SMILES string of the molecule is O=C(Nc1cccc2ccccc12)N[C@@H](Cc1ccccc1)C(=O)NCCCCCCNC(=O)[C@H](Cc1ccccc1)NC(=O)Nc1cccc2ccccc12. The summed E-state index contributed by atoms with van der Waals surface area (Å²) in [4.78, 5) is 53.0. The maximum Gasteiger partial charge on any atom is 0.319 e. The van der Waals surface area contributed by atoms with Crippen LogP contribution in [0.5, 0.6) is 0 Å². The maximum atomic E-state index is 13.4. The van der Waals surface area contributed by atoms with Crippen LogP contribution in [0.3, 0.4) is 0 Å². The van der Waals surface area contributed by atoms with Gasteiger partial charge in [0.2, 0.25) is 11.8 Å². The fourth-order valence-corrected chi connectivity index (χ4v) is 6.69. The molecule has 286 valence electrons. The number of benzene rings is 6. The van der Waals surface area contributed by atoms with E-state index in [0.29, 0.717) is 37.3 Å². The average molecular weight is 749 g/mol. The van der Waals surface area contributed by atoms with Gasteiger partial charge in [0.25, 0.3) is 0 Å². The molecular formula is C46H48N6O4. The van der Waals surface area contributed by atoms with Crippen LogP contribution in [0.15, 0.2) is 146 Å². The molecule has 0 aliphatic rings. The monoisotopic (exact) mass is 748 g/mol. The van der Waals surface area contributed by atoms with E-state index >= 15 is 0 Å². The number of unbranched alkanes of at least 4 members (excludes halogenated alkanes) is 3. The summed E-state index contributed by atoms with van der Waals surface area (Å²) in [6.45, 7) is 0.913. The van der Waals surface area contributed by atoms with Crippen molar-refractivity contribution >= 4 is 56.8 Å². The van der Waals surface area contributed by atoms with E-state index in [4.69, 9.17) is 0 Å². The molecule has 6 amide bonds. The molecule has 6 aromatic rings. The van der Waals surface area contributed by atoms with Crippen molar-refractivity contribution in [3.05, 3.63) is 157 Å². The van der Waals surface area contributed by atoms with Crippen molar-refractivity contribution < 1.29 is 19.2 Å². The van der Waals surface area contributed by atoms with Gasteiger partial charge < -0.3 is 31.9 Å². The lowest BCUT2D eigenvalue weighted by Crippen LogP contribution is -2.49. The van der Waals surface area contributed by atoms with Crippen LogP contribution in [-0.2, 0) is 22.4 Å². The smallest absolute Gasteiger partial charge is 0.319 e. The van der Waals surface area contributed by atoms with Crippen molar-refractivity contribution in [2.24, 2.45) is 0 Å². The highest BCUT2D eigenvalue weighted by Crippen LogP contribution is 2.24.